The van der Waals surface area contributed by atoms with Crippen LogP contribution in [0.2, 0.25) is 0 Å². The van der Waals surface area contributed by atoms with Crippen molar-refractivity contribution in [1.29, 1.82) is 0 Å². The van der Waals surface area contributed by atoms with Crippen molar-refractivity contribution >= 4 is 11.6 Å². The molecule has 0 saturated heterocycles. The van der Waals surface area contributed by atoms with Crippen LogP contribution in [0.15, 0.2) is 48.7 Å². The summed E-state index contributed by atoms with van der Waals surface area (Å²) in [5.41, 5.74) is 2.64. The highest BCUT2D eigenvalue weighted by atomic mass is 16.5. The first-order valence-corrected chi connectivity index (χ1v) is 8.30. The van der Waals surface area contributed by atoms with E-state index in [1.807, 2.05) is 24.3 Å². The zero-order chi connectivity index (χ0) is 17.0. The molecule has 2 rings (SSSR count). The van der Waals surface area contributed by atoms with Gasteiger partial charge in [0.25, 0.3) is 5.91 Å². The highest BCUT2D eigenvalue weighted by Crippen LogP contribution is 2.06. The second kappa shape index (κ2) is 10.4. The Morgan fingerprint density at radius 1 is 1.08 bits per heavy atom. The maximum atomic E-state index is 12.1. The molecule has 128 valence electrons. The lowest BCUT2D eigenvalue weighted by Gasteiger charge is -2.07. The van der Waals surface area contributed by atoms with Crippen LogP contribution in [-0.4, -0.2) is 37.7 Å². The molecule has 1 aromatic carbocycles. The predicted molar refractivity (Wildman–Crippen MR) is 96.3 cm³/mol. The summed E-state index contributed by atoms with van der Waals surface area (Å²) in [7, 11) is 1.69. The van der Waals surface area contributed by atoms with Gasteiger partial charge in [-0.05, 0) is 37.0 Å². The van der Waals surface area contributed by atoms with E-state index in [1.54, 1.807) is 19.4 Å². The highest BCUT2D eigenvalue weighted by Gasteiger charge is 2.06. The topological polar surface area (TPSA) is 63.2 Å². The summed E-state index contributed by atoms with van der Waals surface area (Å²) >= 11 is 0. The van der Waals surface area contributed by atoms with E-state index in [0.717, 1.165) is 38.1 Å². The number of carbonyl (C=O) groups excluding carboxylic acids is 1. The van der Waals surface area contributed by atoms with Crippen molar-refractivity contribution in [2.75, 3.05) is 32.1 Å². The van der Waals surface area contributed by atoms with Gasteiger partial charge in [0.2, 0.25) is 0 Å². The maximum absolute atomic E-state index is 12.1. The number of hydrogen-bond acceptors (Lipinski definition) is 4. The number of hydrogen-bond donors (Lipinski definition) is 2. The monoisotopic (exact) mass is 327 g/mol. The summed E-state index contributed by atoms with van der Waals surface area (Å²) in [5.74, 6) is -0.131. The molecule has 0 saturated carbocycles. The van der Waals surface area contributed by atoms with Crippen molar-refractivity contribution in [1.82, 2.24) is 10.3 Å². The van der Waals surface area contributed by atoms with Crippen LogP contribution in [0.25, 0.3) is 0 Å². The molecule has 0 radical (unpaired) electrons. The number of aryl methyl sites for hydroxylation is 1. The zero-order valence-electron chi connectivity index (χ0n) is 14.1. The second-order valence-corrected chi connectivity index (χ2v) is 5.55. The molecule has 0 fully saturated rings. The third-order valence-electron chi connectivity index (χ3n) is 3.62. The van der Waals surface area contributed by atoms with E-state index in [2.05, 4.69) is 27.8 Å². The third kappa shape index (κ3) is 6.38. The summed E-state index contributed by atoms with van der Waals surface area (Å²) in [6.07, 6.45) is 4.49. The van der Waals surface area contributed by atoms with Crippen LogP contribution in [0.5, 0.6) is 0 Å². The van der Waals surface area contributed by atoms with Crippen molar-refractivity contribution < 1.29 is 9.53 Å². The average molecular weight is 327 g/mol. The largest absolute Gasteiger partial charge is 0.385 e. The minimum Gasteiger partial charge on any atom is -0.385 e. The van der Waals surface area contributed by atoms with Gasteiger partial charge in [0.05, 0.1) is 11.9 Å². The summed E-state index contributed by atoms with van der Waals surface area (Å²) in [6, 6.07) is 13.9. The number of carbonyl (C=O) groups is 1. The number of ether oxygens (including phenoxy) is 1. The number of anilines is 1. The second-order valence-electron chi connectivity index (χ2n) is 5.55. The Hall–Kier alpha value is -2.40. The van der Waals surface area contributed by atoms with Crippen LogP contribution in [-0.2, 0) is 11.2 Å². The number of amides is 1. The minimum absolute atomic E-state index is 0.131. The number of pyridine rings is 1. The average Bonchev–Trinajstić information content (AvgIpc) is 2.63. The van der Waals surface area contributed by atoms with Crippen molar-refractivity contribution in [2.24, 2.45) is 0 Å². The van der Waals surface area contributed by atoms with Gasteiger partial charge in [-0.1, -0.05) is 30.3 Å². The molecular weight excluding hydrogens is 302 g/mol. The number of nitrogens with one attached hydrogen (secondary N) is 2. The van der Waals surface area contributed by atoms with E-state index < -0.39 is 0 Å². The van der Waals surface area contributed by atoms with Gasteiger partial charge in [0.1, 0.15) is 5.69 Å². The maximum Gasteiger partial charge on any atom is 0.269 e. The lowest BCUT2D eigenvalue weighted by atomic mass is 10.1. The number of methoxy groups -OCH3 is 1. The molecule has 2 N–H and O–H groups in total. The summed E-state index contributed by atoms with van der Waals surface area (Å²) in [4.78, 5) is 16.3. The molecule has 5 heteroatoms. The van der Waals surface area contributed by atoms with Gasteiger partial charge in [-0.15, -0.1) is 0 Å². The van der Waals surface area contributed by atoms with Gasteiger partial charge >= 0.3 is 0 Å². The standard InChI is InChI=1S/C19H25N3O2/c1-24-14-6-13-20-17-10-11-18(22-15-17)19(23)21-12-5-9-16-7-3-2-4-8-16/h2-4,7-8,10-11,15,20H,5-6,9,12-14H2,1H3,(H,21,23). The first kappa shape index (κ1) is 17.9. The van der Waals surface area contributed by atoms with Gasteiger partial charge in [0, 0.05) is 26.8 Å². The Balaban J connectivity index is 1.68. The van der Waals surface area contributed by atoms with E-state index in [-0.39, 0.29) is 5.91 Å². The number of nitrogens with zero attached hydrogens (tertiary/aromatic N) is 1. The lowest BCUT2D eigenvalue weighted by molar-refractivity contribution is 0.0948. The Morgan fingerprint density at radius 2 is 1.92 bits per heavy atom. The van der Waals surface area contributed by atoms with Crippen LogP contribution < -0.4 is 10.6 Å². The summed E-state index contributed by atoms with van der Waals surface area (Å²) in [5, 5.41) is 6.15. The van der Waals surface area contributed by atoms with Gasteiger partial charge in [-0.2, -0.15) is 0 Å². The first-order valence-electron chi connectivity index (χ1n) is 8.30. The van der Waals surface area contributed by atoms with Crippen LogP contribution in [0.4, 0.5) is 5.69 Å². The van der Waals surface area contributed by atoms with Gasteiger partial charge in [-0.3, -0.25) is 4.79 Å². The molecule has 0 atom stereocenters. The molecule has 1 aromatic heterocycles. The Labute approximate surface area is 143 Å². The molecule has 5 nitrogen and oxygen atoms in total. The van der Waals surface area contributed by atoms with Crippen molar-refractivity contribution in [3.8, 4) is 0 Å². The van der Waals surface area contributed by atoms with E-state index in [1.165, 1.54) is 5.56 Å². The molecule has 1 amide bonds. The van der Waals surface area contributed by atoms with Gasteiger partial charge < -0.3 is 15.4 Å². The minimum atomic E-state index is -0.131. The molecule has 24 heavy (non-hydrogen) atoms. The summed E-state index contributed by atoms with van der Waals surface area (Å²) in [6.45, 7) is 2.19. The number of benzene rings is 1. The molecule has 0 aliphatic carbocycles. The van der Waals surface area contributed by atoms with Crippen LogP contribution in [0.3, 0.4) is 0 Å². The Bertz CT molecular complexity index is 600. The lowest BCUT2D eigenvalue weighted by Crippen LogP contribution is -2.25. The van der Waals surface area contributed by atoms with Crippen LogP contribution in [0, 0.1) is 0 Å². The SMILES string of the molecule is COCCCNc1ccc(C(=O)NCCCc2ccccc2)nc1. The molecular formula is C19H25N3O2. The highest BCUT2D eigenvalue weighted by molar-refractivity contribution is 5.92. The van der Waals surface area contributed by atoms with E-state index in [0.29, 0.717) is 12.2 Å². The fourth-order valence-corrected chi connectivity index (χ4v) is 2.31. The Morgan fingerprint density at radius 3 is 2.62 bits per heavy atom. The van der Waals surface area contributed by atoms with E-state index >= 15 is 0 Å². The first-order chi connectivity index (χ1) is 11.8. The van der Waals surface area contributed by atoms with Crippen molar-refractivity contribution in [3.05, 3.63) is 59.9 Å². The fourth-order valence-electron chi connectivity index (χ4n) is 2.31. The number of rotatable bonds is 10. The normalized spacial score (nSPS) is 10.4. The van der Waals surface area contributed by atoms with Gasteiger partial charge in [-0.25, -0.2) is 4.98 Å². The van der Waals surface area contributed by atoms with E-state index in [9.17, 15) is 4.79 Å². The predicted octanol–water partition coefficient (Wildman–Crippen LogP) is 2.89. The fraction of sp³-hybridized carbons (Fsp3) is 0.368. The van der Waals surface area contributed by atoms with Crippen LogP contribution in [0.1, 0.15) is 28.9 Å². The number of aromatic nitrogens is 1. The molecule has 2 aromatic rings. The van der Waals surface area contributed by atoms with E-state index in [4.69, 9.17) is 4.74 Å². The molecule has 0 spiro atoms. The molecule has 0 unspecified atom stereocenters. The quantitative estimate of drug-likeness (QED) is 0.659. The molecule has 0 aliphatic rings. The van der Waals surface area contributed by atoms with Gasteiger partial charge in [0.15, 0.2) is 0 Å². The Kier molecular flexibility index (Phi) is 7.77. The van der Waals surface area contributed by atoms with Crippen molar-refractivity contribution in [3.63, 3.8) is 0 Å². The van der Waals surface area contributed by atoms with Crippen molar-refractivity contribution in [2.45, 2.75) is 19.3 Å². The van der Waals surface area contributed by atoms with Crippen LogP contribution >= 0.6 is 0 Å². The third-order valence-corrected chi connectivity index (χ3v) is 3.62. The molecule has 1 heterocycles. The molecule has 0 aliphatic heterocycles. The molecule has 0 bridgehead atoms. The smallest absolute Gasteiger partial charge is 0.269 e. The summed E-state index contributed by atoms with van der Waals surface area (Å²) < 4.78 is 5.00. The zero-order valence-corrected chi connectivity index (χ0v) is 14.1.